The lowest BCUT2D eigenvalue weighted by molar-refractivity contribution is 0.644. The first kappa shape index (κ1) is 10.2. The third kappa shape index (κ3) is 1.73. The summed E-state index contributed by atoms with van der Waals surface area (Å²) in [6.45, 7) is 1.92. The van der Waals surface area contributed by atoms with E-state index in [1.807, 2.05) is 12.1 Å². The third-order valence-corrected chi connectivity index (χ3v) is 3.97. The van der Waals surface area contributed by atoms with Crippen LogP contribution in [0.15, 0.2) is 18.3 Å². The summed E-state index contributed by atoms with van der Waals surface area (Å²) >= 11 is 7.79. The zero-order valence-corrected chi connectivity index (χ0v) is 10.1. The molecule has 2 aromatic heterocycles. The van der Waals surface area contributed by atoms with Gasteiger partial charge in [-0.2, -0.15) is 0 Å². The molecule has 0 amide bonds. The molecule has 0 atom stereocenters. The molecule has 0 radical (unpaired) electrons. The average molecular weight is 252 g/mol. The molecular weight excluding hydrogens is 242 g/mol. The Balaban J connectivity index is 2.07. The molecule has 0 aromatic carbocycles. The summed E-state index contributed by atoms with van der Waals surface area (Å²) in [5.74, 6) is 0. The van der Waals surface area contributed by atoms with E-state index in [4.69, 9.17) is 11.6 Å². The SMILES string of the molecule is Clc1cccnc1-c1nc2c(s1)CNCC2. The predicted octanol–water partition coefficient (Wildman–Crippen LogP) is 2.50. The Kier molecular flexibility index (Phi) is 2.63. The summed E-state index contributed by atoms with van der Waals surface area (Å²) in [6, 6.07) is 3.68. The van der Waals surface area contributed by atoms with E-state index in [0.717, 1.165) is 30.2 Å². The molecule has 2 aromatic rings. The van der Waals surface area contributed by atoms with Gasteiger partial charge in [0, 0.05) is 30.6 Å². The van der Waals surface area contributed by atoms with Gasteiger partial charge in [0.25, 0.3) is 0 Å². The van der Waals surface area contributed by atoms with E-state index in [9.17, 15) is 0 Å². The van der Waals surface area contributed by atoms with Crippen molar-refractivity contribution in [3.05, 3.63) is 33.9 Å². The summed E-state index contributed by atoms with van der Waals surface area (Å²) in [5.41, 5.74) is 1.99. The summed E-state index contributed by atoms with van der Waals surface area (Å²) in [6.07, 6.45) is 2.75. The first-order valence-corrected chi connectivity index (χ1v) is 6.34. The van der Waals surface area contributed by atoms with E-state index >= 15 is 0 Å². The second-order valence-corrected chi connectivity index (χ2v) is 5.14. The molecule has 1 aliphatic heterocycles. The number of nitrogens with zero attached hydrogens (tertiary/aromatic N) is 2. The lowest BCUT2D eigenvalue weighted by Gasteiger charge is -2.09. The van der Waals surface area contributed by atoms with E-state index in [-0.39, 0.29) is 0 Å². The molecular formula is C11H10ClN3S. The zero-order chi connectivity index (χ0) is 11.0. The smallest absolute Gasteiger partial charge is 0.143 e. The Labute approximate surface area is 103 Å². The number of fused-ring (bicyclic) bond motifs is 1. The van der Waals surface area contributed by atoms with Gasteiger partial charge < -0.3 is 5.32 Å². The summed E-state index contributed by atoms with van der Waals surface area (Å²) in [5, 5.41) is 4.94. The Hall–Kier alpha value is -0.970. The topological polar surface area (TPSA) is 37.8 Å². The highest BCUT2D eigenvalue weighted by atomic mass is 35.5. The second-order valence-electron chi connectivity index (χ2n) is 3.65. The van der Waals surface area contributed by atoms with Crippen LogP contribution in [0.25, 0.3) is 10.7 Å². The maximum atomic E-state index is 6.11. The Bertz CT molecular complexity index is 500. The molecule has 3 heterocycles. The molecule has 1 aliphatic rings. The van der Waals surface area contributed by atoms with Gasteiger partial charge in [-0.25, -0.2) is 4.98 Å². The molecule has 3 rings (SSSR count). The van der Waals surface area contributed by atoms with Gasteiger partial charge in [0.1, 0.15) is 10.7 Å². The Morgan fingerprint density at radius 3 is 3.19 bits per heavy atom. The van der Waals surface area contributed by atoms with Crippen LogP contribution in [0.2, 0.25) is 5.02 Å². The summed E-state index contributed by atoms with van der Waals surface area (Å²) in [7, 11) is 0. The number of thiazole rings is 1. The third-order valence-electron chi connectivity index (χ3n) is 2.56. The van der Waals surface area contributed by atoms with E-state index < -0.39 is 0 Å². The van der Waals surface area contributed by atoms with Gasteiger partial charge in [-0.05, 0) is 12.1 Å². The number of halogens is 1. The van der Waals surface area contributed by atoms with Crippen molar-refractivity contribution in [2.24, 2.45) is 0 Å². The van der Waals surface area contributed by atoms with Crippen molar-refractivity contribution in [3.63, 3.8) is 0 Å². The van der Waals surface area contributed by atoms with Gasteiger partial charge in [0.15, 0.2) is 0 Å². The summed E-state index contributed by atoms with van der Waals surface area (Å²) in [4.78, 5) is 10.2. The largest absolute Gasteiger partial charge is 0.311 e. The van der Waals surface area contributed by atoms with Crippen molar-refractivity contribution in [2.75, 3.05) is 6.54 Å². The fourth-order valence-electron chi connectivity index (χ4n) is 1.77. The predicted molar refractivity (Wildman–Crippen MR) is 65.8 cm³/mol. The van der Waals surface area contributed by atoms with Crippen LogP contribution >= 0.6 is 22.9 Å². The van der Waals surface area contributed by atoms with Gasteiger partial charge in [0.05, 0.1) is 10.7 Å². The van der Waals surface area contributed by atoms with Crippen LogP contribution in [0, 0.1) is 0 Å². The maximum Gasteiger partial charge on any atom is 0.143 e. The van der Waals surface area contributed by atoms with Crippen molar-refractivity contribution >= 4 is 22.9 Å². The number of aromatic nitrogens is 2. The van der Waals surface area contributed by atoms with Gasteiger partial charge >= 0.3 is 0 Å². The standard InChI is InChI=1S/C11H10ClN3S/c12-7-2-1-4-14-10(7)11-15-8-3-5-13-6-9(8)16-11/h1-2,4,13H,3,5-6H2. The number of rotatable bonds is 1. The second kappa shape index (κ2) is 4.13. The van der Waals surface area contributed by atoms with Crippen molar-refractivity contribution in [1.82, 2.24) is 15.3 Å². The fourth-order valence-corrected chi connectivity index (χ4v) is 3.13. The fraction of sp³-hybridized carbons (Fsp3) is 0.273. The maximum absolute atomic E-state index is 6.11. The van der Waals surface area contributed by atoms with Crippen LogP contribution in [0.1, 0.15) is 10.6 Å². The van der Waals surface area contributed by atoms with Crippen LogP contribution in [-0.4, -0.2) is 16.5 Å². The van der Waals surface area contributed by atoms with Crippen LogP contribution < -0.4 is 5.32 Å². The van der Waals surface area contributed by atoms with E-state index in [2.05, 4.69) is 15.3 Å². The van der Waals surface area contributed by atoms with Crippen LogP contribution in [0.3, 0.4) is 0 Å². The highest BCUT2D eigenvalue weighted by Crippen LogP contribution is 2.32. The molecule has 0 unspecified atom stereocenters. The van der Waals surface area contributed by atoms with Crippen LogP contribution in [0.5, 0.6) is 0 Å². The molecule has 1 N–H and O–H groups in total. The molecule has 16 heavy (non-hydrogen) atoms. The van der Waals surface area contributed by atoms with E-state index in [0.29, 0.717) is 5.02 Å². The lowest BCUT2D eigenvalue weighted by atomic mass is 10.2. The average Bonchev–Trinajstić information content (AvgIpc) is 2.73. The van der Waals surface area contributed by atoms with Gasteiger partial charge in [-0.3, -0.25) is 4.98 Å². The molecule has 0 bridgehead atoms. The van der Waals surface area contributed by atoms with E-state index in [1.54, 1.807) is 17.5 Å². The first-order chi connectivity index (χ1) is 7.84. The lowest BCUT2D eigenvalue weighted by Crippen LogP contribution is -2.22. The van der Waals surface area contributed by atoms with Gasteiger partial charge in [-0.15, -0.1) is 11.3 Å². The van der Waals surface area contributed by atoms with Crippen molar-refractivity contribution in [3.8, 4) is 10.7 Å². The van der Waals surface area contributed by atoms with Crippen molar-refractivity contribution in [2.45, 2.75) is 13.0 Å². The minimum absolute atomic E-state index is 0.668. The molecule has 0 fully saturated rings. The molecule has 0 aliphatic carbocycles. The normalized spacial score (nSPS) is 14.8. The van der Waals surface area contributed by atoms with Gasteiger partial charge in [-0.1, -0.05) is 11.6 Å². The monoisotopic (exact) mass is 251 g/mol. The van der Waals surface area contributed by atoms with Crippen molar-refractivity contribution < 1.29 is 0 Å². The minimum Gasteiger partial charge on any atom is -0.311 e. The summed E-state index contributed by atoms with van der Waals surface area (Å²) < 4.78 is 0. The Morgan fingerprint density at radius 1 is 1.44 bits per heavy atom. The van der Waals surface area contributed by atoms with E-state index in [1.165, 1.54) is 10.6 Å². The van der Waals surface area contributed by atoms with Crippen LogP contribution in [0.4, 0.5) is 0 Å². The molecule has 3 nitrogen and oxygen atoms in total. The molecule has 82 valence electrons. The van der Waals surface area contributed by atoms with Gasteiger partial charge in [0.2, 0.25) is 0 Å². The quantitative estimate of drug-likeness (QED) is 0.846. The number of hydrogen-bond acceptors (Lipinski definition) is 4. The van der Waals surface area contributed by atoms with Crippen molar-refractivity contribution in [1.29, 1.82) is 0 Å². The highest BCUT2D eigenvalue weighted by molar-refractivity contribution is 7.15. The molecule has 0 spiro atoms. The molecule has 0 saturated carbocycles. The number of pyridine rings is 1. The zero-order valence-electron chi connectivity index (χ0n) is 8.53. The number of hydrogen-bond donors (Lipinski definition) is 1. The molecule has 0 saturated heterocycles. The number of nitrogens with one attached hydrogen (secondary N) is 1. The highest BCUT2D eigenvalue weighted by Gasteiger charge is 2.17. The van der Waals surface area contributed by atoms with Crippen LogP contribution in [-0.2, 0) is 13.0 Å². The minimum atomic E-state index is 0.668. The molecule has 5 heteroatoms. The first-order valence-electron chi connectivity index (χ1n) is 5.15. The Morgan fingerprint density at radius 2 is 2.38 bits per heavy atom.